The van der Waals surface area contributed by atoms with Crippen molar-refractivity contribution in [2.45, 2.75) is 53.4 Å². The molecule has 25 heavy (non-hydrogen) atoms. The normalized spacial score (nSPS) is 12.3. The van der Waals surface area contributed by atoms with E-state index in [1.165, 1.54) is 33.2 Å². The van der Waals surface area contributed by atoms with Crippen molar-refractivity contribution in [3.8, 4) is 11.3 Å². The highest BCUT2D eigenvalue weighted by Gasteiger charge is 2.21. The van der Waals surface area contributed by atoms with Crippen LogP contribution in [0.3, 0.4) is 0 Å². The SMILES string of the molecule is [2H]c1cc2cc(C)ccc2c(-c2cc(C(C)C)cc(C(C)C)c2C)[n+]1C. The lowest BCUT2D eigenvalue weighted by molar-refractivity contribution is -0.659. The molecule has 0 N–H and O–H groups in total. The highest BCUT2D eigenvalue weighted by atomic mass is 14.9. The minimum absolute atomic E-state index is 0.477. The summed E-state index contributed by atoms with van der Waals surface area (Å²) in [6.07, 6.45) is 0.540. The van der Waals surface area contributed by atoms with Gasteiger partial charge in [-0.1, -0.05) is 51.5 Å². The molecule has 0 amide bonds. The fraction of sp³-hybridized carbons (Fsp3) is 0.375. The van der Waals surface area contributed by atoms with E-state index in [1.807, 2.05) is 17.7 Å². The van der Waals surface area contributed by atoms with Gasteiger partial charge < -0.3 is 0 Å². The Bertz CT molecular complexity index is 983. The zero-order valence-electron chi connectivity index (χ0n) is 17.6. The molecular weight excluding hydrogens is 302 g/mol. The molecule has 0 aliphatic carbocycles. The van der Waals surface area contributed by atoms with Crippen LogP contribution in [0.4, 0.5) is 0 Å². The van der Waals surface area contributed by atoms with Crippen molar-refractivity contribution in [2.75, 3.05) is 0 Å². The number of hydrogen-bond acceptors (Lipinski definition) is 0. The zero-order chi connectivity index (χ0) is 19.2. The Morgan fingerprint density at radius 3 is 2.28 bits per heavy atom. The van der Waals surface area contributed by atoms with Gasteiger partial charge in [0.05, 0.1) is 10.9 Å². The first kappa shape index (κ1) is 16.3. The van der Waals surface area contributed by atoms with Gasteiger partial charge in [-0.15, -0.1) is 0 Å². The monoisotopic (exact) mass is 333 g/mol. The Morgan fingerprint density at radius 2 is 1.64 bits per heavy atom. The number of aryl methyl sites for hydroxylation is 1. The van der Waals surface area contributed by atoms with Gasteiger partial charge in [-0.25, -0.2) is 4.57 Å². The molecule has 0 saturated heterocycles. The van der Waals surface area contributed by atoms with E-state index in [9.17, 15) is 0 Å². The van der Waals surface area contributed by atoms with Crippen molar-refractivity contribution in [2.24, 2.45) is 7.05 Å². The van der Waals surface area contributed by atoms with Gasteiger partial charge in [0.15, 0.2) is 6.17 Å². The predicted molar refractivity (Wildman–Crippen MR) is 108 cm³/mol. The van der Waals surface area contributed by atoms with Crippen LogP contribution in [0.2, 0.25) is 0 Å². The van der Waals surface area contributed by atoms with E-state index >= 15 is 0 Å². The maximum absolute atomic E-state index is 8.47. The summed E-state index contributed by atoms with van der Waals surface area (Å²) in [5.41, 5.74) is 7.73. The van der Waals surface area contributed by atoms with Gasteiger partial charge in [0.1, 0.15) is 8.42 Å². The standard InChI is InChI=1S/C24H30N/c1-15(2)20-13-22(16(3)4)18(6)23(14-20)24-21-9-8-17(5)12-19(21)10-11-25(24)7/h8-16H,1-7H3/q+1/i11D. The molecule has 0 atom stereocenters. The van der Waals surface area contributed by atoms with Crippen LogP contribution in [-0.4, -0.2) is 0 Å². The van der Waals surface area contributed by atoms with Crippen LogP contribution in [0.25, 0.3) is 22.0 Å². The lowest BCUT2D eigenvalue weighted by Gasteiger charge is -2.18. The van der Waals surface area contributed by atoms with E-state index in [0.29, 0.717) is 18.0 Å². The molecule has 0 unspecified atom stereocenters. The van der Waals surface area contributed by atoms with E-state index in [2.05, 4.69) is 71.9 Å². The fourth-order valence-electron chi connectivity index (χ4n) is 3.69. The van der Waals surface area contributed by atoms with Gasteiger partial charge in [0, 0.05) is 6.07 Å². The number of fused-ring (bicyclic) bond motifs is 1. The Kier molecular flexibility index (Phi) is 4.33. The molecule has 3 rings (SSSR count). The van der Waals surface area contributed by atoms with Gasteiger partial charge in [0.2, 0.25) is 5.69 Å². The Morgan fingerprint density at radius 1 is 0.920 bits per heavy atom. The summed E-state index contributed by atoms with van der Waals surface area (Å²) in [6.45, 7) is 13.4. The van der Waals surface area contributed by atoms with E-state index in [0.717, 1.165) is 11.1 Å². The minimum Gasteiger partial charge on any atom is -0.200 e. The number of rotatable bonds is 3. The van der Waals surface area contributed by atoms with Crippen molar-refractivity contribution in [3.63, 3.8) is 0 Å². The second-order valence-electron chi connectivity index (χ2n) is 7.86. The molecule has 1 heteroatoms. The number of pyridine rings is 1. The van der Waals surface area contributed by atoms with E-state index in [4.69, 9.17) is 1.37 Å². The highest BCUT2D eigenvalue weighted by Crippen LogP contribution is 2.35. The lowest BCUT2D eigenvalue weighted by Crippen LogP contribution is -2.31. The van der Waals surface area contributed by atoms with Crippen molar-refractivity contribution in [1.82, 2.24) is 0 Å². The van der Waals surface area contributed by atoms with Crippen LogP contribution in [0, 0.1) is 13.8 Å². The van der Waals surface area contributed by atoms with E-state index < -0.39 is 0 Å². The van der Waals surface area contributed by atoms with Crippen LogP contribution in [-0.2, 0) is 7.05 Å². The van der Waals surface area contributed by atoms with Gasteiger partial charge in [0.25, 0.3) is 0 Å². The molecule has 130 valence electrons. The zero-order valence-corrected chi connectivity index (χ0v) is 16.6. The highest BCUT2D eigenvalue weighted by molar-refractivity contribution is 5.94. The summed E-state index contributed by atoms with van der Waals surface area (Å²) in [4.78, 5) is 0. The first-order valence-electron chi connectivity index (χ1n) is 9.75. The second-order valence-corrected chi connectivity index (χ2v) is 7.86. The molecule has 0 saturated carbocycles. The molecular formula is C24H30N+. The summed E-state index contributed by atoms with van der Waals surface area (Å²) < 4.78 is 10.5. The van der Waals surface area contributed by atoms with Crippen LogP contribution < -0.4 is 4.57 Å². The summed E-state index contributed by atoms with van der Waals surface area (Å²) in [7, 11) is 2.01. The maximum Gasteiger partial charge on any atom is 0.220 e. The first-order chi connectivity index (χ1) is 12.2. The number of nitrogens with zero attached hydrogens (tertiary/aromatic N) is 1. The molecule has 1 aromatic heterocycles. The van der Waals surface area contributed by atoms with Gasteiger partial charge >= 0.3 is 0 Å². The maximum atomic E-state index is 8.47. The average Bonchev–Trinajstić information content (AvgIpc) is 2.56. The molecule has 0 bridgehead atoms. The lowest BCUT2D eigenvalue weighted by atomic mass is 9.86. The molecule has 0 spiro atoms. The van der Waals surface area contributed by atoms with Gasteiger partial charge in [-0.05, 0) is 59.9 Å². The summed E-state index contributed by atoms with van der Waals surface area (Å²) in [5.74, 6) is 0.954. The van der Waals surface area contributed by atoms with Crippen LogP contribution >= 0.6 is 0 Å². The minimum atomic E-state index is 0.477. The fourth-order valence-corrected chi connectivity index (χ4v) is 3.69. The molecule has 0 fully saturated rings. The number of benzene rings is 2. The first-order valence-corrected chi connectivity index (χ1v) is 9.25. The van der Waals surface area contributed by atoms with Crippen molar-refractivity contribution < 1.29 is 5.94 Å². The third-order valence-electron chi connectivity index (χ3n) is 5.23. The van der Waals surface area contributed by atoms with Gasteiger partial charge in [-0.2, -0.15) is 0 Å². The van der Waals surface area contributed by atoms with Crippen molar-refractivity contribution in [3.05, 3.63) is 64.8 Å². The molecule has 1 nitrogen and oxygen atoms in total. The predicted octanol–water partition coefficient (Wildman–Crippen LogP) is 6.19. The van der Waals surface area contributed by atoms with E-state index in [-0.39, 0.29) is 0 Å². The quantitative estimate of drug-likeness (QED) is 0.503. The molecule has 0 aliphatic rings. The molecule has 3 aromatic rings. The topological polar surface area (TPSA) is 3.88 Å². The van der Waals surface area contributed by atoms with Crippen LogP contribution in [0.1, 0.15) is 63.2 Å². The number of aromatic nitrogens is 1. The molecule has 0 radical (unpaired) electrons. The van der Waals surface area contributed by atoms with Crippen molar-refractivity contribution >= 4 is 10.8 Å². The summed E-state index contributed by atoms with van der Waals surface area (Å²) in [6, 6.07) is 13.2. The van der Waals surface area contributed by atoms with Crippen LogP contribution in [0.15, 0.2) is 42.6 Å². The number of hydrogen-bond donors (Lipinski definition) is 0. The molecule has 1 heterocycles. The third kappa shape index (κ3) is 3.20. The summed E-state index contributed by atoms with van der Waals surface area (Å²) in [5, 5.41) is 2.36. The Hall–Kier alpha value is -2.15. The van der Waals surface area contributed by atoms with Crippen LogP contribution in [0.5, 0.6) is 0 Å². The third-order valence-corrected chi connectivity index (χ3v) is 5.23. The smallest absolute Gasteiger partial charge is 0.200 e. The second kappa shape index (κ2) is 6.63. The molecule has 0 aliphatic heterocycles. The van der Waals surface area contributed by atoms with Crippen molar-refractivity contribution in [1.29, 1.82) is 0 Å². The summed E-state index contributed by atoms with van der Waals surface area (Å²) >= 11 is 0. The Balaban J connectivity index is 2.45. The molecule has 2 aromatic carbocycles. The largest absolute Gasteiger partial charge is 0.220 e. The van der Waals surface area contributed by atoms with E-state index in [1.54, 1.807) is 0 Å². The average molecular weight is 334 g/mol. The van der Waals surface area contributed by atoms with Gasteiger partial charge in [-0.3, -0.25) is 0 Å². The Labute approximate surface area is 153 Å².